The first kappa shape index (κ1) is 23.0. The summed E-state index contributed by atoms with van der Waals surface area (Å²) in [5, 5.41) is 6.18. The van der Waals surface area contributed by atoms with Crippen molar-refractivity contribution in [3.63, 3.8) is 0 Å². The highest BCUT2D eigenvalue weighted by Crippen LogP contribution is 2.19. The average molecular weight is 437 g/mol. The Morgan fingerprint density at radius 1 is 1.24 bits per heavy atom. The number of hydrogen-bond acceptors (Lipinski definition) is 6. The van der Waals surface area contributed by atoms with E-state index in [4.69, 9.17) is 16.3 Å². The Kier molecular flexibility index (Phi) is 8.72. The molecule has 0 fully saturated rings. The first-order valence-corrected chi connectivity index (χ1v) is 10.6. The van der Waals surface area contributed by atoms with Gasteiger partial charge in [0.15, 0.2) is 10.9 Å². The van der Waals surface area contributed by atoms with Gasteiger partial charge in [0.05, 0.1) is 18.3 Å². The summed E-state index contributed by atoms with van der Waals surface area (Å²) in [7, 11) is 1.57. The summed E-state index contributed by atoms with van der Waals surface area (Å²) < 4.78 is 5.12. The monoisotopic (exact) mass is 436 g/mol. The lowest BCUT2D eigenvalue weighted by Crippen LogP contribution is -2.45. The predicted octanol–water partition coefficient (Wildman–Crippen LogP) is 4.03. The zero-order valence-corrected chi connectivity index (χ0v) is 18.4. The van der Waals surface area contributed by atoms with E-state index in [1.54, 1.807) is 31.4 Å². The lowest BCUT2D eigenvalue weighted by Gasteiger charge is -2.20. The number of ether oxygens (including phenoxy) is 1. The number of amides is 2. The smallest absolute Gasteiger partial charge is 0.272 e. The van der Waals surface area contributed by atoms with E-state index in [9.17, 15) is 9.59 Å². The molecule has 0 bridgehead atoms. The van der Waals surface area contributed by atoms with Gasteiger partial charge in [-0.25, -0.2) is 9.97 Å². The standard InChI is InChI=1S/C20H25ClN4O3S/c1-5-29-20-22-11-15(21)17(25-20)19(27)24-16(10-12(2)3)18(26)23-13-6-8-14(28-4)9-7-13/h6-9,11-12,16H,5,10H2,1-4H3,(H,23,26)(H,24,27). The number of anilines is 1. The summed E-state index contributed by atoms with van der Waals surface area (Å²) in [6.07, 6.45) is 1.86. The molecule has 0 spiro atoms. The van der Waals surface area contributed by atoms with Gasteiger partial charge in [-0.3, -0.25) is 9.59 Å². The number of nitrogens with zero attached hydrogens (tertiary/aromatic N) is 2. The van der Waals surface area contributed by atoms with E-state index in [-0.39, 0.29) is 22.5 Å². The number of halogens is 1. The summed E-state index contributed by atoms with van der Waals surface area (Å²) in [6, 6.07) is 6.23. The number of aromatic nitrogens is 2. The van der Waals surface area contributed by atoms with Crippen molar-refractivity contribution >= 4 is 40.9 Å². The first-order chi connectivity index (χ1) is 13.8. The highest BCUT2D eigenvalue weighted by Gasteiger charge is 2.25. The summed E-state index contributed by atoms with van der Waals surface area (Å²) in [6.45, 7) is 5.92. The molecule has 0 aliphatic carbocycles. The van der Waals surface area contributed by atoms with Gasteiger partial charge in [-0.1, -0.05) is 44.1 Å². The van der Waals surface area contributed by atoms with Gasteiger partial charge in [-0.2, -0.15) is 0 Å². The Morgan fingerprint density at radius 2 is 1.93 bits per heavy atom. The summed E-state index contributed by atoms with van der Waals surface area (Å²) in [4.78, 5) is 33.9. The Bertz CT molecular complexity index is 846. The predicted molar refractivity (Wildman–Crippen MR) is 116 cm³/mol. The highest BCUT2D eigenvalue weighted by molar-refractivity contribution is 7.99. The number of carbonyl (C=O) groups is 2. The van der Waals surface area contributed by atoms with Crippen LogP contribution in [-0.2, 0) is 4.79 Å². The Morgan fingerprint density at radius 3 is 2.52 bits per heavy atom. The second-order valence-electron chi connectivity index (χ2n) is 6.66. The van der Waals surface area contributed by atoms with Gasteiger partial charge in [0.25, 0.3) is 5.91 Å². The molecule has 0 aliphatic heterocycles. The molecule has 156 valence electrons. The molecule has 2 aromatic rings. The van der Waals surface area contributed by atoms with Gasteiger partial charge in [0.1, 0.15) is 11.8 Å². The van der Waals surface area contributed by atoms with Crippen LogP contribution in [0.25, 0.3) is 0 Å². The number of thioether (sulfide) groups is 1. The topological polar surface area (TPSA) is 93.2 Å². The minimum Gasteiger partial charge on any atom is -0.497 e. The van der Waals surface area contributed by atoms with Crippen LogP contribution in [0.4, 0.5) is 5.69 Å². The fourth-order valence-corrected chi connectivity index (χ4v) is 3.26. The van der Waals surface area contributed by atoms with Crippen LogP contribution in [-0.4, -0.2) is 40.7 Å². The molecule has 1 atom stereocenters. The molecule has 29 heavy (non-hydrogen) atoms. The quantitative estimate of drug-likeness (QED) is 0.455. The van der Waals surface area contributed by atoms with E-state index in [1.165, 1.54) is 18.0 Å². The highest BCUT2D eigenvalue weighted by atomic mass is 35.5. The zero-order chi connectivity index (χ0) is 21.4. The second kappa shape index (κ2) is 11.0. The Balaban J connectivity index is 2.15. The van der Waals surface area contributed by atoms with Gasteiger partial charge >= 0.3 is 0 Å². The van der Waals surface area contributed by atoms with Crippen molar-refractivity contribution in [3.8, 4) is 5.75 Å². The number of hydrogen-bond donors (Lipinski definition) is 2. The van der Waals surface area contributed by atoms with E-state index in [0.717, 1.165) is 5.75 Å². The van der Waals surface area contributed by atoms with E-state index < -0.39 is 11.9 Å². The largest absolute Gasteiger partial charge is 0.497 e. The molecule has 1 unspecified atom stereocenters. The van der Waals surface area contributed by atoms with E-state index in [1.807, 2.05) is 20.8 Å². The molecule has 1 aromatic carbocycles. The molecule has 0 aliphatic rings. The van der Waals surface area contributed by atoms with Crippen LogP contribution in [0.1, 0.15) is 37.7 Å². The number of carbonyl (C=O) groups excluding carboxylic acids is 2. The third-order valence-corrected chi connectivity index (χ3v) is 4.92. The molecule has 7 nitrogen and oxygen atoms in total. The van der Waals surface area contributed by atoms with E-state index in [0.29, 0.717) is 23.0 Å². The van der Waals surface area contributed by atoms with Gasteiger partial charge < -0.3 is 15.4 Å². The zero-order valence-electron chi connectivity index (χ0n) is 16.9. The van der Waals surface area contributed by atoms with Crippen molar-refractivity contribution in [1.82, 2.24) is 15.3 Å². The van der Waals surface area contributed by atoms with Crippen molar-refractivity contribution in [3.05, 3.63) is 41.2 Å². The minimum absolute atomic E-state index is 0.0589. The summed E-state index contributed by atoms with van der Waals surface area (Å²) in [5.74, 6) is 0.822. The van der Waals surface area contributed by atoms with Crippen LogP contribution < -0.4 is 15.4 Å². The number of rotatable bonds is 9. The summed E-state index contributed by atoms with van der Waals surface area (Å²) in [5.41, 5.74) is 0.670. The second-order valence-corrected chi connectivity index (χ2v) is 8.29. The number of benzene rings is 1. The minimum atomic E-state index is -0.738. The van der Waals surface area contributed by atoms with Crippen molar-refractivity contribution in [1.29, 1.82) is 0 Å². The first-order valence-electron chi connectivity index (χ1n) is 9.25. The van der Waals surface area contributed by atoms with Crippen LogP contribution in [0.3, 0.4) is 0 Å². The maximum absolute atomic E-state index is 12.8. The average Bonchev–Trinajstić information content (AvgIpc) is 2.69. The van der Waals surface area contributed by atoms with Crippen LogP contribution in [0.15, 0.2) is 35.6 Å². The molecular formula is C20H25ClN4O3S. The molecule has 1 heterocycles. The maximum Gasteiger partial charge on any atom is 0.272 e. The molecular weight excluding hydrogens is 412 g/mol. The van der Waals surface area contributed by atoms with Gasteiger partial charge in [0, 0.05) is 5.69 Å². The maximum atomic E-state index is 12.8. The van der Waals surface area contributed by atoms with Crippen LogP contribution in [0.2, 0.25) is 5.02 Å². The molecule has 0 radical (unpaired) electrons. The lowest BCUT2D eigenvalue weighted by molar-refractivity contribution is -0.118. The molecule has 2 rings (SSSR count). The van der Waals surface area contributed by atoms with Gasteiger partial charge in [-0.05, 0) is 42.4 Å². The number of methoxy groups -OCH3 is 1. The van der Waals surface area contributed by atoms with Crippen molar-refractivity contribution in [2.24, 2.45) is 5.92 Å². The molecule has 9 heteroatoms. The van der Waals surface area contributed by atoms with E-state index >= 15 is 0 Å². The Labute approximate surface area is 180 Å². The van der Waals surface area contributed by atoms with Crippen LogP contribution in [0.5, 0.6) is 5.75 Å². The number of nitrogens with one attached hydrogen (secondary N) is 2. The SMILES string of the molecule is CCSc1ncc(Cl)c(C(=O)NC(CC(C)C)C(=O)Nc2ccc(OC)cc2)n1. The molecule has 1 aromatic heterocycles. The van der Waals surface area contributed by atoms with Crippen molar-refractivity contribution in [2.45, 2.75) is 38.4 Å². The lowest BCUT2D eigenvalue weighted by atomic mass is 10.0. The molecule has 2 N–H and O–H groups in total. The Hall–Kier alpha value is -2.32. The van der Waals surface area contributed by atoms with Crippen molar-refractivity contribution in [2.75, 3.05) is 18.2 Å². The summed E-state index contributed by atoms with van der Waals surface area (Å²) >= 11 is 7.52. The van der Waals surface area contributed by atoms with Crippen molar-refractivity contribution < 1.29 is 14.3 Å². The molecule has 0 saturated heterocycles. The normalized spacial score (nSPS) is 11.8. The van der Waals surface area contributed by atoms with Crippen LogP contribution >= 0.6 is 23.4 Å². The van der Waals surface area contributed by atoms with Gasteiger partial charge in [-0.15, -0.1) is 0 Å². The fraction of sp³-hybridized carbons (Fsp3) is 0.400. The fourth-order valence-electron chi connectivity index (χ4n) is 2.54. The van der Waals surface area contributed by atoms with Gasteiger partial charge in [0.2, 0.25) is 5.91 Å². The van der Waals surface area contributed by atoms with Crippen LogP contribution in [0, 0.1) is 5.92 Å². The molecule has 2 amide bonds. The third kappa shape index (κ3) is 6.90. The third-order valence-electron chi connectivity index (χ3n) is 3.90. The molecule has 0 saturated carbocycles. The van der Waals surface area contributed by atoms with E-state index in [2.05, 4.69) is 20.6 Å².